The van der Waals surface area contributed by atoms with E-state index < -0.39 is 28.4 Å². The minimum absolute atomic E-state index is 0.234. The fourth-order valence-corrected chi connectivity index (χ4v) is 6.06. The molecule has 0 bridgehead atoms. The van der Waals surface area contributed by atoms with Crippen LogP contribution in [0.3, 0.4) is 0 Å². The lowest BCUT2D eigenvalue weighted by molar-refractivity contribution is 0.0698. The van der Waals surface area contributed by atoms with Gasteiger partial charge >= 0.3 is 10.3 Å². The summed E-state index contributed by atoms with van der Waals surface area (Å²) in [7, 11) is -4.11. The van der Waals surface area contributed by atoms with Crippen molar-refractivity contribution in [2.45, 2.75) is 37.5 Å². The number of fused-ring (bicyclic) bond motifs is 1. The third-order valence-electron chi connectivity index (χ3n) is 6.59. The number of halogens is 1. The Labute approximate surface area is 216 Å². The minimum atomic E-state index is -4.11. The highest BCUT2D eigenvalue weighted by Gasteiger charge is 2.35. The van der Waals surface area contributed by atoms with Crippen molar-refractivity contribution >= 4 is 33.2 Å². The number of nitrogens with zero attached hydrogens (tertiary/aromatic N) is 2. The van der Waals surface area contributed by atoms with Crippen molar-refractivity contribution in [3.63, 3.8) is 0 Å². The number of nitrogens with one attached hydrogen (secondary N) is 1. The molecule has 2 unspecified atom stereocenters. The summed E-state index contributed by atoms with van der Waals surface area (Å²) < 4.78 is 46.6. The summed E-state index contributed by atoms with van der Waals surface area (Å²) in [5.74, 6) is -0.767. The Hall–Kier alpha value is -2.81. The molecule has 1 aromatic carbocycles. The molecule has 2 aromatic heterocycles. The number of hydrogen-bond acceptors (Lipinski definition) is 10. The molecule has 13 heteroatoms. The molecule has 196 valence electrons. The van der Waals surface area contributed by atoms with Gasteiger partial charge in [-0.2, -0.15) is 8.42 Å². The molecule has 10 nitrogen and oxygen atoms in total. The van der Waals surface area contributed by atoms with Crippen LogP contribution in [-0.4, -0.2) is 54.6 Å². The van der Waals surface area contributed by atoms with E-state index in [1.807, 2.05) is 5.38 Å². The van der Waals surface area contributed by atoms with Crippen molar-refractivity contribution in [2.75, 3.05) is 18.5 Å². The molecule has 0 saturated heterocycles. The Morgan fingerprint density at radius 3 is 2.97 bits per heavy atom. The summed E-state index contributed by atoms with van der Waals surface area (Å²) in [5.41, 5.74) is 2.80. The molecule has 1 aliphatic carbocycles. The number of anilines is 1. The molecule has 0 amide bonds. The van der Waals surface area contributed by atoms with E-state index in [0.717, 1.165) is 16.7 Å². The predicted octanol–water partition coefficient (Wildman–Crippen LogP) is 2.34. The zero-order valence-corrected chi connectivity index (χ0v) is 21.2. The van der Waals surface area contributed by atoms with E-state index in [1.54, 1.807) is 12.1 Å². The first-order valence-electron chi connectivity index (χ1n) is 11.6. The number of ketones is 1. The maximum absolute atomic E-state index is 13.9. The molecule has 1 saturated carbocycles. The van der Waals surface area contributed by atoms with Gasteiger partial charge in [-0.3, -0.25) is 8.98 Å². The van der Waals surface area contributed by atoms with E-state index in [9.17, 15) is 22.7 Å². The molecule has 4 N–H and O–H groups in total. The zero-order valence-electron chi connectivity index (χ0n) is 19.5. The van der Waals surface area contributed by atoms with Gasteiger partial charge in [0, 0.05) is 18.2 Å². The van der Waals surface area contributed by atoms with Crippen molar-refractivity contribution < 1.29 is 31.6 Å². The summed E-state index contributed by atoms with van der Waals surface area (Å²) >= 11 is 1.25. The number of ether oxygens (including phenoxy) is 1. The number of rotatable bonds is 8. The fraction of sp³-hybridized carbons (Fsp3) is 0.375. The normalized spacial score (nSPS) is 23.5. The monoisotopic (exact) mass is 548 g/mol. The molecule has 37 heavy (non-hydrogen) atoms. The first kappa shape index (κ1) is 25.8. The fourth-order valence-electron chi connectivity index (χ4n) is 4.82. The van der Waals surface area contributed by atoms with Crippen LogP contribution in [-0.2, 0) is 25.6 Å². The van der Waals surface area contributed by atoms with Crippen LogP contribution in [0.2, 0.25) is 0 Å². The van der Waals surface area contributed by atoms with Gasteiger partial charge in [-0.05, 0) is 59.5 Å². The molecule has 1 aliphatic heterocycles. The van der Waals surface area contributed by atoms with Gasteiger partial charge < -0.3 is 15.2 Å². The van der Waals surface area contributed by atoms with Crippen molar-refractivity contribution in [3.05, 3.63) is 75.1 Å². The Bertz CT molecular complexity index is 1420. The van der Waals surface area contributed by atoms with Crippen LogP contribution in [0.25, 0.3) is 0 Å². The molecular weight excluding hydrogens is 523 g/mol. The van der Waals surface area contributed by atoms with Gasteiger partial charge in [-0.25, -0.2) is 19.5 Å². The Kier molecular flexibility index (Phi) is 7.34. The highest BCUT2D eigenvalue weighted by atomic mass is 32.2. The lowest BCUT2D eigenvalue weighted by Crippen LogP contribution is -2.24. The Morgan fingerprint density at radius 2 is 2.16 bits per heavy atom. The number of aliphatic hydroxyl groups is 1. The number of aliphatic hydroxyl groups excluding tert-OH is 1. The molecule has 4 atom stereocenters. The average molecular weight is 549 g/mol. The molecule has 0 spiro atoms. The van der Waals surface area contributed by atoms with Gasteiger partial charge in [0.05, 0.1) is 29.8 Å². The number of hydrogen-bond donors (Lipinski definition) is 3. The molecule has 5 rings (SSSR count). The summed E-state index contributed by atoms with van der Waals surface area (Å²) in [4.78, 5) is 22.1. The van der Waals surface area contributed by atoms with Crippen molar-refractivity contribution in [3.8, 4) is 0 Å². The number of aromatic nitrogens is 2. The Balaban J connectivity index is 1.32. The van der Waals surface area contributed by atoms with Crippen LogP contribution in [0.4, 0.5) is 10.2 Å². The predicted molar refractivity (Wildman–Crippen MR) is 133 cm³/mol. The SMILES string of the molecule is NS(=O)(=O)OCC1C[C@@H](Nc2ncncc2C(=O)c2cc(C3OCCc4ccc(F)cc43)cs2)C[C@@H]1O. The molecule has 3 heterocycles. The molecule has 1 fully saturated rings. The topological polar surface area (TPSA) is 154 Å². The first-order valence-corrected chi connectivity index (χ1v) is 14.0. The van der Waals surface area contributed by atoms with Crippen LogP contribution in [0.15, 0.2) is 42.2 Å². The summed E-state index contributed by atoms with van der Waals surface area (Å²) in [5, 5.41) is 20.2. The van der Waals surface area contributed by atoms with Gasteiger partial charge in [0.1, 0.15) is 24.1 Å². The highest BCUT2D eigenvalue weighted by Crippen LogP contribution is 2.36. The van der Waals surface area contributed by atoms with Gasteiger partial charge in [0.25, 0.3) is 0 Å². The van der Waals surface area contributed by atoms with Crippen LogP contribution in [0.5, 0.6) is 0 Å². The largest absolute Gasteiger partial charge is 0.393 e. The lowest BCUT2D eigenvalue weighted by atomic mass is 9.94. The molecular formula is C24H25FN4O6S2. The number of carbonyl (C=O) groups is 1. The van der Waals surface area contributed by atoms with E-state index >= 15 is 0 Å². The highest BCUT2D eigenvalue weighted by molar-refractivity contribution is 7.84. The second-order valence-corrected chi connectivity index (χ2v) is 11.3. The van der Waals surface area contributed by atoms with Gasteiger partial charge in [0.2, 0.25) is 5.78 Å². The third-order valence-corrected chi connectivity index (χ3v) is 8.01. The average Bonchev–Trinajstić information content (AvgIpc) is 3.48. The van der Waals surface area contributed by atoms with Crippen LogP contribution in [0.1, 0.15) is 50.9 Å². The maximum atomic E-state index is 13.9. The van der Waals surface area contributed by atoms with Crippen LogP contribution in [0, 0.1) is 11.7 Å². The van der Waals surface area contributed by atoms with E-state index in [-0.39, 0.29) is 29.8 Å². The second-order valence-electron chi connectivity index (χ2n) is 9.12. The third kappa shape index (κ3) is 5.87. The molecule has 0 radical (unpaired) electrons. The quantitative estimate of drug-likeness (QED) is 0.360. The van der Waals surface area contributed by atoms with Crippen LogP contribution < -0.4 is 10.5 Å². The lowest BCUT2D eigenvalue weighted by Gasteiger charge is -2.25. The van der Waals surface area contributed by atoms with E-state index in [4.69, 9.17) is 9.88 Å². The second kappa shape index (κ2) is 10.5. The standard InChI is InChI=1S/C24H25FN4O6S2/c25-16-2-1-13-3-4-34-23(18(13)7-16)15-6-21(36-11-15)22(31)19-9-27-12-28-24(19)29-17-5-14(20(30)8-17)10-35-37(26,32)33/h1-2,6-7,9,11-12,14,17,20,23,30H,3-5,8,10H2,(H2,26,32,33)(H,27,28,29)/t14?,17-,20+,23?/m1/s1. The maximum Gasteiger partial charge on any atom is 0.333 e. The first-order chi connectivity index (χ1) is 17.7. The Morgan fingerprint density at radius 1 is 1.32 bits per heavy atom. The van der Waals surface area contributed by atoms with Crippen molar-refractivity contribution in [2.24, 2.45) is 11.1 Å². The van der Waals surface area contributed by atoms with Crippen molar-refractivity contribution in [1.29, 1.82) is 0 Å². The number of benzene rings is 1. The van der Waals surface area contributed by atoms with Gasteiger partial charge in [0.15, 0.2) is 0 Å². The minimum Gasteiger partial charge on any atom is -0.393 e. The van der Waals surface area contributed by atoms with Gasteiger partial charge in [-0.1, -0.05) is 6.07 Å². The molecule has 3 aromatic rings. The van der Waals surface area contributed by atoms with E-state index in [0.29, 0.717) is 36.6 Å². The van der Waals surface area contributed by atoms with Gasteiger partial charge in [-0.15, -0.1) is 11.3 Å². The van der Waals surface area contributed by atoms with E-state index in [2.05, 4.69) is 19.5 Å². The summed E-state index contributed by atoms with van der Waals surface area (Å²) in [6.45, 7) is 0.265. The molecule has 2 aliphatic rings. The van der Waals surface area contributed by atoms with Crippen LogP contribution >= 0.6 is 11.3 Å². The summed E-state index contributed by atoms with van der Waals surface area (Å²) in [6.07, 6.45) is 2.88. The van der Waals surface area contributed by atoms with E-state index in [1.165, 1.54) is 36.0 Å². The number of carbonyl (C=O) groups excluding carboxylic acids is 1. The smallest absolute Gasteiger partial charge is 0.333 e. The number of thiophene rings is 1. The zero-order chi connectivity index (χ0) is 26.2. The summed E-state index contributed by atoms with van der Waals surface area (Å²) in [6, 6.07) is 6.15. The van der Waals surface area contributed by atoms with Crippen molar-refractivity contribution in [1.82, 2.24) is 9.97 Å². The number of nitrogens with two attached hydrogens (primary N) is 1.